The van der Waals surface area contributed by atoms with Crippen molar-refractivity contribution in [2.24, 2.45) is 5.41 Å². The molecular formula is C13H16O2. The monoisotopic (exact) mass is 204 g/mol. The number of rotatable bonds is 1. The highest BCUT2D eigenvalue weighted by molar-refractivity contribution is 5.78. The molecule has 80 valence electrons. The average Bonchev–Trinajstić information content (AvgIpc) is 2.23. The Morgan fingerprint density at radius 1 is 1.27 bits per heavy atom. The van der Waals surface area contributed by atoms with E-state index < -0.39 is 5.41 Å². The van der Waals surface area contributed by atoms with E-state index >= 15 is 0 Å². The number of cyclic esters (lactones) is 1. The Morgan fingerprint density at radius 3 is 2.60 bits per heavy atom. The Balaban J connectivity index is 2.32. The highest BCUT2D eigenvalue weighted by Crippen LogP contribution is 2.41. The summed E-state index contributed by atoms with van der Waals surface area (Å²) < 4.78 is 5.11. The molecule has 0 N–H and O–H groups in total. The molecule has 1 aliphatic heterocycles. The molecule has 1 aromatic rings. The molecule has 0 spiro atoms. The van der Waals surface area contributed by atoms with Crippen molar-refractivity contribution in [1.82, 2.24) is 0 Å². The summed E-state index contributed by atoms with van der Waals surface area (Å²) in [4.78, 5) is 11.7. The van der Waals surface area contributed by atoms with Crippen LogP contribution in [0.2, 0.25) is 0 Å². The van der Waals surface area contributed by atoms with E-state index in [9.17, 15) is 4.79 Å². The highest BCUT2D eigenvalue weighted by atomic mass is 16.5. The Kier molecular flexibility index (Phi) is 2.51. The molecule has 0 unspecified atom stereocenters. The first-order valence-electron chi connectivity index (χ1n) is 5.34. The van der Waals surface area contributed by atoms with Crippen molar-refractivity contribution in [3.63, 3.8) is 0 Å². The zero-order valence-electron chi connectivity index (χ0n) is 9.19. The molecule has 0 radical (unpaired) electrons. The maximum absolute atomic E-state index is 11.7. The fourth-order valence-corrected chi connectivity index (χ4v) is 2.23. The fourth-order valence-electron chi connectivity index (χ4n) is 2.23. The molecule has 1 aliphatic rings. The summed E-state index contributed by atoms with van der Waals surface area (Å²) in [6.45, 7) is 4.47. The predicted molar refractivity (Wildman–Crippen MR) is 58.5 cm³/mol. The maximum Gasteiger partial charge on any atom is 0.312 e. The van der Waals surface area contributed by atoms with Crippen LogP contribution in [0.4, 0.5) is 0 Å². The van der Waals surface area contributed by atoms with Crippen LogP contribution >= 0.6 is 0 Å². The molecule has 2 nitrogen and oxygen atoms in total. The van der Waals surface area contributed by atoms with Crippen LogP contribution in [0.5, 0.6) is 0 Å². The number of carbonyl (C=O) groups excluding carboxylic acids is 1. The molecule has 0 bridgehead atoms. The largest absolute Gasteiger partial charge is 0.465 e. The van der Waals surface area contributed by atoms with Gasteiger partial charge in [0, 0.05) is 5.92 Å². The van der Waals surface area contributed by atoms with Crippen molar-refractivity contribution in [2.45, 2.75) is 26.2 Å². The van der Waals surface area contributed by atoms with Gasteiger partial charge in [-0.15, -0.1) is 0 Å². The zero-order chi connectivity index (χ0) is 10.9. The summed E-state index contributed by atoms with van der Waals surface area (Å²) in [5.41, 5.74) is 0.832. The van der Waals surface area contributed by atoms with Crippen LogP contribution in [0.3, 0.4) is 0 Å². The van der Waals surface area contributed by atoms with E-state index in [1.165, 1.54) is 5.56 Å². The molecule has 1 atom stereocenters. The second-order valence-corrected chi connectivity index (χ2v) is 4.61. The molecule has 0 saturated carbocycles. The highest BCUT2D eigenvalue weighted by Gasteiger charge is 2.41. The lowest BCUT2D eigenvalue weighted by Gasteiger charge is -2.36. The molecule has 1 fully saturated rings. The van der Waals surface area contributed by atoms with E-state index in [4.69, 9.17) is 4.74 Å². The van der Waals surface area contributed by atoms with E-state index in [-0.39, 0.29) is 11.9 Å². The van der Waals surface area contributed by atoms with Gasteiger partial charge in [-0.2, -0.15) is 0 Å². The third-order valence-corrected chi connectivity index (χ3v) is 3.24. The normalized spacial score (nSPS) is 24.7. The SMILES string of the molecule is CC1(C)C(=O)OCC[C@@H]1c1ccccc1. The summed E-state index contributed by atoms with van der Waals surface area (Å²) >= 11 is 0. The number of hydrogen-bond donors (Lipinski definition) is 0. The number of esters is 1. The van der Waals surface area contributed by atoms with Gasteiger partial charge in [0.1, 0.15) is 0 Å². The van der Waals surface area contributed by atoms with E-state index in [2.05, 4.69) is 12.1 Å². The van der Waals surface area contributed by atoms with E-state index in [1.54, 1.807) is 0 Å². The lowest BCUT2D eigenvalue weighted by Crippen LogP contribution is -2.38. The number of carbonyl (C=O) groups is 1. The third kappa shape index (κ3) is 1.76. The minimum atomic E-state index is -0.403. The first-order chi connectivity index (χ1) is 7.12. The molecule has 2 rings (SSSR count). The van der Waals surface area contributed by atoms with Gasteiger partial charge in [-0.25, -0.2) is 0 Å². The molecule has 1 aromatic carbocycles. The quantitative estimate of drug-likeness (QED) is 0.657. The zero-order valence-corrected chi connectivity index (χ0v) is 9.19. The lowest BCUT2D eigenvalue weighted by atomic mass is 9.72. The van der Waals surface area contributed by atoms with E-state index in [0.717, 1.165) is 6.42 Å². The van der Waals surface area contributed by atoms with Gasteiger partial charge in [0.15, 0.2) is 0 Å². The minimum Gasteiger partial charge on any atom is -0.465 e. The summed E-state index contributed by atoms with van der Waals surface area (Å²) in [5.74, 6) is 0.197. The summed E-state index contributed by atoms with van der Waals surface area (Å²) in [6.07, 6.45) is 0.919. The van der Waals surface area contributed by atoms with Gasteiger partial charge >= 0.3 is 5.97 Å². The lowest BCUT2D eigenvalue weighted by molar-refractivity contribution is -0.161. The second kappa shape index (κ2) is 3.69. The fraction of sp³-hybridized carbons (Fsp3) is 0.462. The number of hydrogen-bond acceptors (Lipinski definition) is 2. The summed E-state index contributed by atoms with van der Waals surface area (Å²) in [6, 6.07) is 10.2. The van der Waals surface area contributed by atoms with Crippen LogP contribution in [0.1, 0.15) is 31.7 Å². The van der Waals surface area contributed by atoms with Gasteiger partial charge in [-0.1, -0.05) is 30.3 Å². The molecule has 0 amide bonds. The van der Waals surface area contributed by atoms with Crippen LogP contribution in [0.25, 0.3) is 0 Å². The number of benzene rings is 1. The maximum atomic E-state index is 11.7. The average molecular weight is 204 g/mol. The molecule has 0 aliphatic carbocycles. The van der Waals surface area contributed by atoms with Gasteiger partial charge in [-0.3, -0.25) is 4.79 Å². The van der Waals surface area contributed by atoms with Gasteiger partial charge in [0.05, 0.1) is 12.0 Å². The Morgan fingerprint density at radius 2 is 1.93 bits per heavy atom. The molecule has 1 saturated heterocycles. The molecule has 1 heterocycles. The van der Waals surface area contributed by atoms with Gasteiger partial charge in [0.25, 0.3) is 0 Å². The Labute approximate surface area is 90.3 Å². The van der Waals surface area contributed by atoms with Gasteiger partial charge in [0.2, 0.25) is 0 Å². The van der Waals surface area contributed by atoms with Gasteiger partial charge < -0.3 is 4.74 Å². The van der Waals surface area contributed by atoms with Crippen molar-refractivity contribution in [2.75, 3.05) is 6.61 Å². The molecule has 0 aromatic heterocycles. The molecule has 2 heteroatoms. The van der Waals surface area contributed by atoms with Crippen LogP contribution in [0, 0.1) is 5.41 Å². The molecule has 15 heavy (non-hydrogen) atoms. The van der Waals surface area contributed by atoms with Crippen molar-refractivity contribution < 1.29 is 9.53 Å². The van der Waals surface area contributed by atoms with Crippen LogP contribution in [-0.2, 0) is 9.53 Å². The predicted octanol–water partition coefficient (Wildman–Crippen LogP) is 2.74. The second-order valence-electron chi connectivity index (χ2n) is 4.61. The van der Waals surface area contributed by atoms with Crippen molar-refractivity contribution in [3.8, 4) is 0 Å². The van der Waals surface area contributed by atoms with Crippen LogP contribution in [-0.4, -0.2) is 12.6 Å². The minimum absolute atomic E-state index is 0.0809. The summed E-state index contributed by atoms with van der Waals surface area (Å²) in [5, 5.41) is 0. The van der Waals surface area contributed by atoms with Gasteiger partial charge in [-0.05, 0) is 25.8 Å². The first-order valence-corrected chi connectivity index (χ1v) is 5.34. The number of ether oxygens (including phenoxy) is 1. The first kappa shape index (κ1) is 10.2. The van der Waals surface area contributed by atoms with Crippen LogP contribution in [0.15, 0.2) is 30.3 Å². The summed E-state index contributed by atoms with van der Waals surface area (Å²) in [7, 11) is 0. The van der Waals surface area contributed by atoms with E-state index in [1.807, 2.05) is 32.0 Å². The van der Waals surface area contributed by atoms with Crippen molar-refractivity contribution in [3.05, 3.63) is 35.9 Å². The van der Waals surface area contributed by atoms with Crippen molar-refractivity contribution in [1.29, 1.82) is 0 Å². The topological polar surface area (TPSA) is 26.3 Å². The third-order valence-electron chi connectivity index (χ3n) is 3.24. The molecular weight excluding hydrogens is 188 g/mol. The van der Waals surface area contributed by atoms with E-state index in [0.29, 0.717) is 6.61 Å². The smallest absolute Gasteiger partial charge is 0.312 e. The van der Waals surface area contributed by atoms with Crippen molar-refractivity contribution >= 4 is 5.97 Å². The Hall–Kier alpha value is -1.31. The standard InChI is InChI=1S/C13H16O2/c1-13(2)11(8-9-15-12(13)14)10-6-4-3-5-7-10/h3-7,11H,8-9H2,1-2H3/t11-/m1/s1. The van der Waals surface area contributed by atoms with Crippen LogP contribution < -0.4 is 0 Å². The Bertz CT molecular complexity index is 354.